The van der Waals surface area contributed by atoms with Crippen molar-refractivity contribution in [2.24, 2.45) is 5.92 Å². The molecular formula is C14H20N2O4S. The summed E-state index contributed by atoms with van der Waals surface area (Å²) in [5, 5.41) is 12.2. The van der Waals surface area contributed by atoms with Crippen LogP contribution in [0.1, 0.15) is 20.3 Å². The van der Waals surface area contributed by atoms with Gasteiger partial charge in [0.1, 0.15) is 0 Å². The highest BCUT2D eigenvalue weighted by Crippen LogP contribution is 2.26. The summed E-state index contributed by atoms with van der Waals surface area (Å²) >= 11 is 0. The molecule has 1 amide bonds. The summed E-state index contributed by atoms with van der Waals surface area (Å²) in [4.78, 5) is 11.1. The van der Waals surface area contributed by atoms with Crippen LogP contribution in [0.4, 0.5) is 5.69 Å². The summed E-state index contributed by atoms with van der Waals surface area (Å²) in [5.41, 5.74) is 0.560. The highest BCUT2D eigenvalue weighted by Gasteiger charge is 2.34. The lowest BCUT2D eigenvalue weighted by atomic mass is 10.0. The Morgan fingerprint density at radius 3 is 2.48 bits per heavy atom. The van der Waals surface area contributed by atoms with Gasteiger partial charge in [-0.25, -0.2) is 8.42 Å². The monoisotopic (exact) mass is 312 g/mol. The highest BCUT2D eigenvalue weighted by atomic mass is 32.2. The zero-order valence-electron chi connectivity index (χ0n) is 12.1. The van der Waals surface area contributed by atoms with E-state index in [1.807, 2.05) is 0 Å². The maximum atomic E-state index is 12.5. The largest absolute Gasteiger partial charge is 0.393 e. The lowest BCUT2D eigenvalue weighted by Crippen LogP contribution is -2.30. The molecule has 1 saturated heterocycles. The number of aliphatic hydroxyl groups is 1. The SMILES string of the molecule is CC(=O)Nc1ccc(S(=O)(=O)N2CCC(C(C)O)C2)cc1. The molecule has 1 aliphatic heterocycles. The minimum absolute atomic E-state index is 0.0153. The van der Waals surface area contributed by atoms with Gasteiger partial charge in [0.2, 0.25) is 15.9 Å². The lowest BCUT2D eigenvalue weighted by Gasteiger charge is -2.18. The molecule has 1 aromatic rings. The molecule has 0 aromatic heterocycles. The van der Waals surface area contributed by atoms with E-state index in [-0.39, 0.29) is 16.7 Å². The number of benzene rings is 1. The average molecular weight is 312 g/mol. The molecule has 0 bridgehead atoms. The molecule has 1 aromatic carbocycles. The Morgan fingerprint density at radius 1 is 1.38 bits per heavy atom. The van der Waals surface area contributed by atoms with Gasteiger partial charge in [0.25, 0.3) is 0 Å². The van der Waals surface area contributed by atoms with E-state index in [1.54, 1.807) is 19.1 Å². The first-order valence-electron chi connectivity index (χ1n) is 6.86. The number of hydrogen-bond donors (Lipinski definition) is 2. The van der Waals surface area contributed by atoms with E-state index in [4.69, 9.17) is 0 Å². The zero-order valence-corrected chi connectivity index (χ0v) is 12.9. The molecule has 0 radical (unpaired) electrons. The van der Waals surface area contributed by atoms with Crippen LogP contribution in [0.3, 0.4) is 0 Å². The van der Waals surface area contributed by atoms with E-state index in [0.29, 0.717) is 25.2 Å². The molecule has 7 heteroatoms. The van der Waals surface area contributed by atoms with Gasteiger partial charge in [0.15, 0.2) is 0 Å². The van der Waals surface area contributed by atoms with Crippen molar-refractivity contribution in [1.82, 2.24) is 4.31 Å². The first-order chi connectivity index (χ1) is 9.80. The summed E-state index contributed by atoms with van der Waals surface area (Å²) in [6.45, 7) is 3.84. The molecule has 21 heavy (non-hydrogen) atoms. The van der Waals surface area contributed by atoms with Crippen LogP contribution < -0.4 is 5.32 Å². The second-order valence-electron chi connectivity index (χ2n) is 5.36. The van der Waals surface area contributed by atoms with Crippen LogP contribution in [0, 0.1) is 5.92 Å². The fourth-order valence-corrected chi connectivity index (χ4v) is 3.94. The number of aliphatic hydroxyl groups excluding tert-OH is 1. The Hall–Kier alpha value is -1.44. The molecule has 116 valence electrons. The van der Waals surface area contributed by atoms with E-state index >= 15 is 0 Å². The normalized spacial score (nSPS) is 21.2. The van der Waals surface area contributed by atoms with Crippen LogP contribution >= 0.6 is 0 Å². The number of nitrogens with one attached hydrogen (secondary N) is 1. The number of carbonyl (C=O) groups excluding carboxylic acids is 1. The quantitative estimate of drug-likeness (QED) is 0.869. The van der Waals surface area contributed by atoms with Gasteiger partial charge < -0.3 is 10.4 Å². The van der Waals surface area contributed by atoms with Crippen molar-refractivity contribution in [2.45, 2.75) is 31.3 Å². The van der Waals surface area contributed by atoms with Crippen molar-refractivity contribution >= 4 is 21.6 Å². The van der Waals surface area contributed by atoms with Gasteiger partial charge in [-0.15, -0.1) is 0 Å². The van der Waals surface area contributed by atoms with Gasteiger partial charge >= 0.3 is 0 Å². The Labute approximate surface area is 124 Å². The molecule has 0 saturated carbocycles. The minimum atomic E-state index is -3.54. The predicted molar refractivity (Wildman–Crippen MR) is 79.3 cm³/mol. The summed E-state index contributed by atoms with van der Waals surface area (Å²) in [7, 11) is -3.54. The smallest absolute Gasteiger partial charge is 0.243 e. The second-order valence-corrected chi connectivity index (χ2v) is 7.30. The number of anilines is 1. The second kappa shape index (κ2) is 6.13. The fourth-order valence-electron chi connectivity index (χ4n) is 2.43. The third kappa shape index (κ3) is 3.61. The molecule has 0 aliphatic carbocycles. The maximum absolute atomic E-state index is 12.5. The molecule has 1 aliphatic rings. The molecule has 0 spiro atoms. The van der Waals surface area contributed by atoms with Gasteiger partial charge in [0, 0.05) is 25.7 Å². The molecule has 2 atom stereocenters. The third-order valence-corrected chi connectivity index (χ3v) is 5.56. The van der Waals surface area contributed by atoms with E-state index in [9.17, 15) is 18.3 Å². The summed E-state index contributed by atoms with van der Waals surface area (Å²) in [6, 6.07) is 6.10. The van der Waals surface area contributed by atoms with Gasteiger partial charge in [-0.2, -0.15) is 4.31 Å². The maximum Gasteiger partial charge on any atom is 0.243 e. The predicted octanol–water partition coefficient (Wildman–Crippen LogP) is 1.04. The fraction of sp³-hybridized carbons (Fsp3) is 0.500. The number of carbonyl (C=O) groups is 1. The van der Waals surface area contributed by atoms with Crippen molar-refractivity contribution in [2.75, 3.05) is 18.4 Å². The Kier molecular flexibility index (Phi) is 4.65. The van der Waals surface area contributed by atoms with Crippen molar-refractivity contribution in [3.05, 3.63) is 24.3 Å². The van der Waals surface area contributed by atoms with Crippen molar-refractivity contribution < 1.29 is 18.3 Å². The third-order valence-electron chi connectivity index (χ3n) is 3.68. The molecular weight excluding hydrogens is 292 g/mol. The molecule has 2 N–H and O–H groups in total. The van der Waals surface area contributed by atoms with E-state index in [1.165, 1.54) is 23.4 Å². The van der Waals surface area contributed by atoms with Gasteiger partial charge in [0.05, 0.1) is 11.0 Å². The molecule has 1 heterocycles. The van der Waals surface area contributed by atoms with Crippen LogP contribution in [0.25, 0.3) is 0 Å². The first-order valence-corrected chi connectivity index (χ1v) is 8.30. The summed E-state index contributed by atoms with van der Waals surface area (Å²) in [5.74, 6) is -0.219. The van der Waals surface area contributed by atoms with E-state index in [0.717, 1.165) is 0 Å². The van der Waals surface area contributed by atoms with Crippen LogP contribution in [-0.2, 0) is 14.8 Å². The number of sulfonamides is 1. The number of rotatable bonds is 4. The standard InChI is InChI=1S/C14H20N2O4S/c1-10(17)12-7-8-16(9-12)21(19,20)14-5-3-13(4-6-14)15-11(2)18/h3-6,10,12,17H,7-9H2,1-2H3,(H,15,18). The van der Waals surface area contributed by atoms with Crippen LogP contribution in [0.5, 0.6) is 0 Å². The average Bonchev–Trinajstić information content (AvgIpc) is 2.89. The van der Waals surface area contributed by atoms with Gasteiger partial charge in [-0.1, -0.05) is 0 Å². The van der Waals surface area contributed by atoms with Gasteiger partial charge in [-0.05, 0) is 43.5 Å². The van der Waals surface area contributed by atoms with Gasteiger partial charge in [-0.3, -0.25) is 4.79 Å². The molecule has 2 unspecified atom stereocenters. The van der Waals surface area contributed by atoms with E-state index in [2.05, 4.69) is 5.32 Å². The Morgan fingerprint density at radius 2 is 2.00 bits per heavy atom. The molecule has 1 fully saturated rings. The number of amides is 1. The topological polar surface area (TPSA) is 86.7 Å². The van der Waals surface area contributed by atoms with Crippen molar-refractivity contribution in [1.29, 1.82) is 0 Å². The zero-order chi connectivity index (χ0) is 15.6. The molecule has 2 rings (SSSR count). The first kappa shape index (κ1) is 15.9. The van der Waals surface area contributed by atoms with Crippen LogP contribution in [0.2, 0.25) is 0 Å². The van der Waals surface area contributed by atoms with Crippen molar-refractivity contribution in [3.8, 4) is 0 Å². The highest BCUT2D eigenvalue weighted by molar-refractivity contribution is 7.89. The summed E-state index contributed by atoms with van der Waals surface area (Å²) < 4.78 is 26.4. The van der Waals surface area contributed by atoms with Crippen LogP contribution in [-0.4, -0.2) is 42.9 Å². The van der Waals surface area contributed by atoms with E-state index < -0.39 is 16.1 Å². The number of hydrogen-bond acceptors (Lipinski definition) is 4. The molecule has 6 nitrogen and oxygen atoms in total. The Balaban J connectivity index is 2.15. The van der Waals surface area contributed by atoms with Crippen molar-refractivity contribution in [3.63, 3.8) is 0 Å². The van der Waals surface area contributed by atoms with Crippen LogP contribution in [0.15, 0.2) is 29.2 Å². The summed E-state index contributed by atoms with van der Waals surface area (Å²) in [6.07, 6.45) is 0.160. The Bertz CT molecular complexity index is 610. The number of nitrogens with zero attached hydrogens (tertiary/aromatic N) is 1. The lowest BCUT2D eigenvalue weighted by molar-refractivity contribution is -0.114. The minimum Gasteiger partial charge on any atom is -0.393 e.